The zero-order valence-corrected chi connectivity index (χ0v) is 15.2. The van der Waals surface area contributed by atoms with Crippen molar-refractivity contribution in [3.05, 3.63) is 51.3 Å². The fourth-order valence-corrected chi connectivity index (χ4v) is 5.31. The highest BCUT2D eigenvalue weighted by atomic mass is 79.9. The largest absolute Gasteiger partial charge is 0.250 e. The number of hydrogen-bond acceptors (Lipinski definition) is 3. The van der Waals surface area contributed by atoms with Crippen LogP contribution >= 0.6 is 27.3 Å². The third kappa shape index (κ3) is 4.39. The van der Waals surface area contributed by atoms with Crippen molar-refractivity contribution in [2.45, 2.75) is 30.4 Å². The Balaban J connectivity index is 1.93. The summed E-state index contributed by atoms with van der Waals surface area (Å²) in [5.41, 5.74) is 2.17. The normalized spacial score (nSPS) is 13.3. The maximum atomic E-state index is 12.2. The minimum absolute atomic E-state index is 0.325. The van der Waals surface area contributed by atoms with Gasteiger partial charge in [-0.25, -0.2) is 13.1 Å². The first-order valence-corrected chi connectivity index (χ1v) is 9.80. The molecule has 0 saturated heterocycles. The van der Waals surface area contributed by atoms with Crippen molar-refractivity contribution >= 4 is 37.3 Å². The van der Waals surface area contributed by atoms with Gasteiger partial charge in [0.15, 0.2) is 0 Å². The molecule has 0 saturated carbocycles. The molecule has 0 radical (unpaired) electrons. The van der Waals surface area contributed by atoms with Crippen molar-refractivity contribution in [1.82, 2.24) is 4.72 Å². The quantitative estimate of drug-likeness (QED) is 0.803. The molecule has 0 spiro atoms. The van der Waals surface area contributed by atoms with E-state index in [1.165, 1.54) is 16.9 Å². The topological polar surface area (TPSA) is 46.2 Å². The number of halogens is 1. The molecule has 0 aliphatic carbocycles. The smallest absolute Gasteiger partial charge is 0.210 e. The van der Waals surface area contributed by atoms with Crippen LogP contribution in [0.5, 0.6) is 0 Å². The van der Waals surface area contributed by atoms with Gasteiger partial charge in [-0.15, -0.1) is 11.3 Å². The molecular formula is C15H18BrNO2S2. The van der Waals surface area contributed by atoms with E-state index in [4.69, 9.17) is 0 Å². The van der Waals surface area contributed by atoms with Gasteiger partial charge in [0.25, 0.3) is 0 Å². The molecule has 1 unspecified atom stereocenters. The fourth-order valence-electron chi connectivity index (χ4n) is 1.99. The maximum Gasteiger partial charge on any atom is 0.250 e. The molecule has 1 heterocycles. The first-order chi connectivity index (χ1) is 9.90. The average molecular weight is 388 g/mol. The van der Waals surface area contributed by atoms with Gasteiger partial charge in [0.1, 0.15) is 4.21 Å². The highest BCUT2D eigenvalue weighted by Gasteiger charge is 2.18. The number of aryl methyl sites for hydroxylation is 1. The van der Waals surface area contributed by atoms with E-state index in [1.807, 2.05) is 25.1 Å². The van der Waals surface area contributed by atoms with Crippen LogP contribution < -0.4 is 4.72 Å². The van der Waals surface area contributed by atoms with E-state index in [-0.39, 0.29) is 0 Å². The van der Waals surface area contributed by atoms with Crippen LogP contribution in [-0.4, -0.2) is 15.0 Å². The van der Waals surface area contributed by atoms with Gasteiger partial charge >= 0.3 is 0 Å². The predicted octanol–water partition coefficient (Wildman–Crippen LogP) is 4.29. The number of nitrogens with one attached hydrogen (secondary N) is 1. The van der Waals surface area contributed by atoms with Gasteiger partial charge in [0, 0.05) is 6.54 Å². The Hall–Kier alpha value is -0.690. The third-order valence-electron chi connectivity index (χ3n) is 3.34. The summed E-state index contributed by atoms with van der Waals surface area (Å²) in [5, 5.41) is 0. The second-order valence-corrected chi connectivity index (χ2v) is 9.38. The van der Waals surface area contributed by atoms with E-state index >= 15 is 0 Å². The summed E-state index contributed by atoms with van der Waals surface area (Å²) < 4.78 is 28.3. The van der Waals surface area contributed by atoms with Gasteiger partial charge in [0.2, 0.25) is 10.0 Å². The lowest BCUT2D eigenvalue weighted by Gasteiger charge is -2.12. The molecule has 1 aromatic carbocycles. The summed E-state index contributed by atoms with van der Waals surface area (Å²) in [4.78, 5) is 0. The maximum absolute atomic E-state index is 12.2. The predicted molar refractivity (Wildman–Crippen MR) is 91.4 cm³/mol. The van der Waals surface area contributed by atoms with Crippen LogP contribution in [0.4, 0.5) is 0 Å². The second kappa shape index (κ2) is 7.05. The first kappa shape index (κ1) is 16.7. The molecule has 0 fully saturated rings. The molecule has 1 aromatic heterocycles. The molecule has 21 heavy (non-hydrogen) atoms. The number of rotatable bonds is 6. The lowest BCUT2D eigenvalue weighted by Crippen LogP contribution is -2.24. The van der Waals surface area contributed by atoms with E-state index in [9.17, 15) is 8.42 Å². The van der Waals surface area contributed by atoms with Crippen LogP contribution in [0.15, 0.2) is 44.4 Å². The van der Waals surface area contributed by atoms with E-state index in [2.05, 4.69) is 39.7 Å². The average Bonchev–Trinajstić information content (AvgIpc) is 2.80. The van der Waals surface area contributed by atoms with Crippen LogP contribution in [0.3, 0.4) is 0 Å². The Morgan fingerprint density at radius 2 is 1.95 bits per heavy atom. The molecule has 3 nitrogen and oxygen atoms in total. The molecule has 0 bridgehead atoms. The highest BCUT2D eigenvalue weighted by molar-refractivity contribution is 9.11. The zero-order chi connectivity index (χ0) is 15.5. The molecule has 6 heteroatoms. The van der Waals surface area contributed by atoms with Crippen LogP contribution in [0.25, 0.3) is 0 Å². The van der Waals surface area contributed by atoms with Gasteiger partial charge in [-0.05, 0) is 52.4 Å². The molecule has 0 aliphatic heterocycles. The Kier molecular flexibility index (Phi) is 5.60. The summed E-state index contributed by atoms with van der Waals surface area (Å²) >= 11 is 4.60. The van der Waals surface area contributed by atoms with Crippen LogP contribution in [0.2, 0.25) is 0 Å². The van der Waals surface area contributed by atoms with Crippen molar-refractivity contribution in [2.24, 2.45) is 0 Å². The Morgan fingerprint density at radius 1 is 1.29 bits per heavy atom. The van der Waals surface area contributed by atoms with Crippen molar-refractivity contribution in [1.29, 1.82) is 0 Å². The van der Waals surface area contributed by atoms with Crippen molar-refractivity contribution in [2.75, 3.05) is 6.54 Å². The number of hydrogen-bond donors (Lipinski definition) is 1. The molecule has 0 amide bonds. The van der Waals surface area contributed by atoms with Crippen molar-refractivity contribution in [3.8, 4) is 0 Å². The van der Waals surface area contributed by atoms with Crippen molar-refractivity contribution < 1.29 is 8.42 Å². The minimum atomic E-state index is -3.40. The first-order valence-electron chi connectivity index (χ1n) is 6.70. The lowest BCUT2D eigenvalue weighted by atomic mass is 9.98. The fraction of sp³-hybridized carbons (Fsp3) is 0.333. The minimum Gasteiger partial charge on any atom is -0.210 e. The summed E-state index contributed by atoms with van der Waals surface area (Å²) in [5.74, 6) is 0.325. The summed E-state index contributed by atoms with van der Waals surface area (Å²) in [6, 6.07) is 11.8. The van der Waals surface area contributed by atoms with E-state index < -0.39 is 10.0 Å². The standard InChI is InChI=1S/C15H18BrNO2S2/c1-11(13-6-4-3-5-7-13)8-9-17-21(18,19)14-10-12(2)15(16)20-14/h3-7,10-11,17H,8-9H2,1-2H3. The molecular weight excluding hydrogens is 370 g/mol. The Bertz CT molecular complexity index is 676. The van der Waals surface area contributed by atoms with Crippen LogP contribution in [-0.2, 0) is 10.0 Å². The SMILES string of the molecule is Cc1cc(S(=O)(=O)NCCC(C)c2ccccc2)sc1Br. The lowest BCUT2D eigenvalue weighted by molar-refractivity contribution is 0.574. The van der Waals surface area contributed by atoms with E-state index in [0.717, 1.165) is 15.8 Å². The third-order valence-corrected chi connectivity index (χ3v) is 7.41. The van der Waals surface area contributed by atoms with Gasteiger partial charge in [-0.1, -0.05) is 37.3 Å². The van der Waals surface area contributed by atoms with Gasteiger partial charge < -0.3 is 0 Å². The van der Waals surface area contributed by atoms with E-state index in [0.29, 0.717) is 16.7 Å². The summed E-state index contributed by atoms with van der Waals surface area (Å²) in [7, 11) is -3.40. The summed E-state index contributed by atoms with van der Waals surface area (Å²) in [6.45, 7) is 4.43. The molecule has 1 atom stereocenters. The Morgan fingerprint density at radius 3 is 2.52 bits per heavy atom. The zero-order valence-electron chi connectivity index (χ0n) is 12.0. The summed E-state index contributed by atoms with van der Waals surface area (Å²) in [6.07, 6.45) is 0.773. The molecule has 114 valence electrons. The Labute approximate surface area is 138 Å². The number of benzene rings is 1. The van der Waals surface area contributed by atoms with Gasteiger partial charge in [-0.2, -0.15) is 0 Å². The molecule has 2 aromatic rings. The number of thiophene rings is 1. The van der Waals surface area contributed by atoms with Gasteiger partial charge in [0.05, 0.1) is 3.79 Å². The van der Waals surface area contributed by atoms with E-state index in [1.54, 1.807) is 6.07 Å². The number of sulfonamides is 1. The van der Waals surface area contributed by atoms with Crippen LogP contribution in [0, 0.1) is 6.92 Å². The molecule has 2 rings (SSSR count). The highest BCUT2D eigenvalue weighted by Crippen LogP contribution is 2.30. The monoisotopic (exact) mass is 387 g/mol. The molecule has 1 N–H and O–H groups in total. The van der Waals surface area contributed by atoms with Crippen LogP contribution in [0.1, 0.15) is 30.4 Å². The van der Waals surface area contributed by atoms with Crippen molar-refractivity contribution in [3.63, 3.8) is 0 Å². The molecule has 0 aliphatic rings. The second-order valence-electron chi connectivity index (χ2n) is 5.02. The van der Waals surface area contributed by atoms with Gasteiger partial charge in [-0.3, -0.25) is 0 Å².